The number of fused-ring (bicyclic) bond motifs is 1. The fourth-order valence-corrected chi connectivity index (χ4v) is 4.04. The summed E-state index contributed by atoms with van der Waals surface area (Å²) in [4.78, 5) is 67.2. The van der Waals surface area contributed by atoms with E-state index in [2.05, 4.69) is 31.2 Å². The molecular weight excluding hydrogens is 508 g/mol. The van der Waals surface area contributed by atoms with Crippen LogP contribution in [0.15, 0.2) is 29.1 Å². The van der Waals surface area contributed by atoms with Crippen LogP contribution in [-0.2, 0) is 30.3 Å². The van der Waals surface area contributed by atoms with Gasteiger partial charge in [-0.2, -0.15) is 4.98 Å². The van der Waals surface area contributed by atoms with Crippen molar-refractivity contribution in [3.05, 3.63) is 45.7 Å². The molecule has 2 atom stereocenters. The van der Waals surface area contributed by atoms with E-state index >= 15 is 0 Å². The van der Waals surface area contributed by atoms with E-state index in [1.54, 1.807) is 38.1 Å². The fraction of sp³-hybridized carbons (Fsp3) is 0.462. The van der Waals surface area contributed by atoms with Crippen molar-refractivity contribution in [2.75, 3.05) is 42.3 Å². The molecule has 0 saturated heterocycles. The lowest BCUT2D eigenvalue weighted by Gasteiger charge is -2.25. The summed E-state index contributed by atoms with van der Waals surface area (Å²) in [5, 5.41) is 11.6. The molecule has 1 unspecified atom stereocenters. The van der Waals surface area contributed by atoms with E-state index in [0.29, 0.717) is 36.5 Å². The van der Waals surface area contributed by atoms with Crippen LogP contribution < -0.4 is 26.8 Å². The molecule has 2 aromatic rings. The Hall–Kier alpha value is -4.42. The molecule has 3 rings (SSSR count). The van der Waals surface area contributed by atoms with Gasteiger partial charge in [-0.1, -0.05) is 0 Å². The minimum Gasteiger partial charge on any atom is -0.466 e. The van der Waals surface area contributed by atoms with Crippen LogP contribution >= 0.6 is 0 Å². The Balaban J connectivity index is 1.55. The molecule has 2 amide bonds. The van der Waals surface area contributed by atoms with Crippen LogP contribution in [0.3, 0.4) is 0 Å². The summed E-state index contributed by atoms with van der Waals surface area (Å²) >= 11 is 0. The summed E-state index contributed by atoms with van der Waals surface area (Å²) in [6.45, 7) is 6.21. The van der Waals surface area contributed by atoms with Gasteiger partial charge in [-0.15, -0.1) is 0 Å². The largest absolute Gasteiger partial charge is 0.466 e. The minimum atomic E-state index is -0.978. The number of H-pyrrole nitrogens is 1. The Kier molecular flexibility index (Phi) is 10.4. The van der Waals surface area contributed by atoms with Gasteiger partial charge in [0.2, 0.25) is 11.9 Å². The van der Waals surface area contributed by atoms with Crippen molar-refractivity contribution in [3.8, 4) is 0 Å². The molecule has 0 fully saturated rings. The average molecular weight is 543 g/mol. The summed E-state index contributed by atoms with van der Waals surface area (Å²) in [5.74, 6) is -1.21. The minimum absolute atomic E-state index is 0.0284. The molecule has 1 aliphatic rings. The van der Waals surface area contributed by atoms with Gasteiger partial charge in [0, 0.05) is 37.7 Å². The van der Waals surface area contributed by atoms with Crippen molar-refractivity contribution in [1.82, 2.24) is 15.3 Å². The molecule has 0 aliphatic carbocycles. The summed E-state index contributed by atoms with van der Waals surface area (Å²) in [6.07, 6.45) is 0.535. The van der Waals surface area contributed by atoms with E-state index in [9.17, 15) is 24.0 Å². The van der Waals surface area contributed by atoms with Gasteiger partial charge in [0.15, 0.2) is 0 Å². The number of nitrogens with one attached hydrogen (secondary N) is 5. The number of hydrogen-bond donors (Lipinski definition) is 5. The van der Waals surface area contributed by atoms with Crippen LogP contribution in [0, 0.1) is 5.92 Å². The first-order valence-corrected chi connectivity index (χ1v) is 12.8. The van der Waals surface area contributed by atoms with Gasteiger partial charge < -0.3 is 25.4 Å². The maximum atomic E-state index is 12.8. The van der Waals surface area contributed by atoms with Crippen molar-refractivity contribution < 1.29 is 28.7 Å². The lowest BCUT2D eigenvalue weighted by atomic mass is 9.96. The molecule has 13 heteroatoms. The van der Waals surface area contributed by atoms with Gasteiger partial charge >= 0.3 is 11.9 Å². The number of carbonyl (C=O) groups excluding carboxylic acids is 4. The Morgan fingerprint density at radius 1 is 1.10 bits per heavy atom. The fourth-order valence-electron chi connectivity index (χ4n) is 4.04. The molecule has 39 heavy (non-hydrogen) atoms. The summed E-state index contributed by atoms with van der Waals surface area (Å²) < 4.78 is 9.92. The molecular formula is C26H34N6O7. The van der Waals surface area contributed by atoms with Crippen molar-refractivity contribution >= 4 is 41.2 Å². The number of nitrogens with zero attached hydrogens (tertiary/aromatic N) is 1. The third-order valence-corrected chi connectivity index (χ3v) is 5.92. The van der Waals surface area contributed by atoms with Crippen LogP contribution in [-0.4, -0.2) is 66.1 Å². The van der Waals surface area contributed by atoms with Gasteiger partial charge in [-0.25, -0.2) is 4.79 Å². The number of benzene rings is 1. The normalized spacial score (nSPS) is 14.7. The number of carbonyl (C=O) groups is 4. The number of anilines is 3. The number of amides is 2. The molecule has 1 aromatic heterocycles. The zero-order chi connectivity index (χ0) is 28.4. The second-order valence-electron chi connectivity index (χ2n) is 8.95. The van der Waals surface area contributed by atoms with E-state index in [0.717, 1.165) is 5.69 Å². The molecule has 0 radical (unpaired) electrons. The Morgan fingerprint density at radius 3 is 2.49 bits per heavy atom. The highest BCUT2D eigenvalue weighted by molar-refractivity contribution is 5.97. The highest BCUT2D eigenvalue weighted by Gasteiger charge is 2.25. The molecule has 0 saturated carbocycles. The zero-order valence-electron chi connectivity index (χ0n) is 22.2. The first-order chi connectivity index (χ1) is 18.7. The third kappa shape index (κ3) is 8.55. The summed E-state index contributed by atoms with van der Waals surface area (Å²) in [5.41, 5.74) is 1.33. The standard InChI is InChI=1S/C26H34N6O7/c1-4-38-21(34)11-10-20(25(37)39-5-2)30-23(35)17-6-8-18(9-7-17)27-13-16-12-19-22(28-14-16)31-26(29-15(3)33)32-24(19)36/h6-9,16,20,27H,4-5,10-14H2,1-3H3,(H,30,35)(H3,28,29,31,32,33,36)/t16?,20-/m0/s1. The first kappa shape index (κ1) is 29.1. The lowest BCUT2D eigenvalue weighted by molar-refractivity contribution is -0.146. The molecule has 0 bridgehead atoms. The monoisotopic (exact) mass is 542 g/mol. The molecule has 210 valence electrons. The van der Waals surface area contributed by atoms with Crippen molar-refractivity contribution in [3.63, 3.8) is 0 Å². The van der Waals surface area contributed by atoms with Crippen LogP contribution in [0.4, 0.5) is 17.5 Å². The quantitative estimate of drug-likeness (QED) is 0.246. The maximum absolute atomic E-state index is 12.8. The zero-order valence-corrected chi connectivity index (χ0v) is 22.2. The van der Waals surface area contributed by atoms with Gasteiger partial charge in [0.25, 0.3) is 11.5 Å². The lowest BCUT2D eigenvalue weighted by Crippen LogP contribution is -2.42. The van der Waals surface area contributed by atoms with E-state index in [1.807, 2.05) is 0 Å². The molecule has 1 aliphatic heterocycles. The van der Waals surface area contributed by atoms with Gasteiger partial charge in [0.05, 0.1) is 18.8 Å². The number of hydrogen-bond acceptors (Lipinski definition) is 10. The number of aromatic amines is 1. The smallest absolute Gasteiger partial charge is 0.328 e. The topological polar surface area (TPSA) is 181 Å². The highest BCUT2D eigenvalue weighted by Crippen LogP contribution is 2.21. The number of rotatable bonds is 12. The van der Waals surface area contributed by atoms with Gasteiger partial charge in [-0.05, 0) is 56.9 Å². The Morgan fingerprint density at radius 2 is 1.82 bits per heavy atom. The first-order valence-electron chi connectivity index (χ1n) is 12.8. The summed E-state index contributed by atoms with van der Waals surface area (Å²) in [6, 6.07) is 5.75. The van der Waals surface area contributed by atoms with E-state index in [1.165, 1.54) is 6.92 Å². The predicted molar refractivity (Wildman–Crippen MR) is 144 cm³/mol. The van der Waals surface area contributed by atoms with Crippen LogP contribution in [0.2, 0.25) is 0 Å². The van der Waals surface area contributed by atoms with E-state index in [4.69, 9.17) is 9.47 Å². The van der Waals surface area contributed by atoms with Crippen molar-refractivity contribution in [2.45, 2.75) is 46.1 Å². The Labute approximate surface area is 225 Å². The van der Waals surface area contributed by atoms with Crippen molar-refractivity contribution in [2.24, 2.45) is 5.92 Å². The maximum Gasteiger partial charge on any atom is 0.328 e. The van der Waals surface area contributed by atoms with Gasteiger partial charge in [-0.3, -0.25) is 29.5 Å². The van der Waals surface area contributed by atoms with E-state index in [-0.39, 0.29) is 49.4 Å². The third-order valence-electron chi connectivity index (χ3n) is 5.92. The predicted octanol–water partition coefficient (Wildman–Crippen LogP) is 1.43. The van der Waals surface area contributed by atoms with Crippen LogP contribution in [0.25, 0.3) is 0 Å². The molecule has 13 nitrogen and oxygen atoms in total. The van der Waals surface area contributed by atoms with Crippen LogP contribution in [0.1, 0.15) is 49.5 Å². The van der Waals surface area contributed by atoms with Crippen molar-refractivity contribution in [1.29, 1.82) is 0 Å². The number of aromatic nitrogens is 2. The molecule has 1 aromatic carbocycles. The second-order valence-corrected chi connectivity index (χ2v) is 8.95. The van der Waals surface area contributed by atoms with Gasteiger partial charge in [0.1, 0.15) is 11.9 Å². The SMILES string of the molecule is CCOC(=O)CC[C@H](NC(=O)c1ccc(NCC2CNc3nc(NC(C)=O)[nH]c(=O)c3C2)cc1)C(=O)OCC. The summed E-state index contributed by atoms with van der Waals surface area (Å²) in [7, 11) is 0. The number of esters is 2. The second kappa shape index (κ2) is 13.9. The molecule has 5 N–H and O–H groups in total. The number of ether oxygens (including phenoxy) is 2. The highest BCUT2D eigenvalue weighted by atomic mass is 16.5. The van der Waals surface area contributed by atoms with Crippen LogP contribution in [0.5, 0.6) is 0 Å². The molecule has 2 heterocycles. The van der Waals surface area contributed by atoms with E-state index < -0.39 is 23.9 Å². The Bertz CT molecular complexity index is 1240. The molecule has 0 spiro atoms. The average Bonchev–Trinajstić information content (AvgIpc) is 2.90.